The molecule has 0 spiro atoms. The summed E-state index contributed by atoms with van der Waals surface area (Å²) in [5, 5.41) is -0.614. The molecule has 0 aromatic heterocycles. The van der Waals surface area contributed by atoms with Crippen LogP contribution < -0.4 is 4.18 Å². The van der Waals surface area contributed by atoms with Crippen molar-refractivity contribution in [2.45, 2.75) is 25.2 Å². The summed E-state index contributed by atoms with van der Waals surface area (Å²) in [6.45, 7) is 4.18. The average molecular weight is 405 g/mol. The van der Waals surface area contributed by atoms with Gasteiger partial charge in [-0.2, -0.15) is 8.42 Å². The SMILES string of the molecule is CCCSP(=O)(OCC)Sc1ccc(OS(=O)(=O)CCl)cc1. The Kier molecular flexibility index (Phi) is 8.67. The van der Waals surface area contributed by atoms with Crippen molar-refractivity contribution >= 4 is 50.3 Å². The van der Waals surface area contributed by atoms with E-state index < -0.39 is 21.1 Å². The van der Waals surface area contributed by atoms with Crippen molar-refractivity contribution in [1.82, 2.24) is 0 Å². The minimum Gasteiger partial charge on any atom is -0.382 e. The lowest BCUT2D eigenvalue weighted by molar-refractivity contribution is 0.357. The maximum absolute atomic E-state index is 12.7. The molecule has 0 saturated carbocycles. The Bertz CT molecular complexity index is 606. The zero-order valence-electron chi connectivity index (χ0n) is 12.2. The third kappa shape index (κ3) is 7.15. The van der Waals surface area contributed by atoms with E-state index in [0.717, 1.165) is 28.5 Å². The highest BCUT2D eigenvalue weighted by Crippen LogP contribution is 2.72. The van der Waals surface area contributed by atoms with Crippen molar-refractivity contribution in [3.8, 4) is 5.75 Å². The first-order valence-corrected chi connectivity index (χ1v) is 13.3. The molecular weight excluding hydrogens is 387 g/mol. The summed E-state index contributed by atoms with van der Waals surface area (Å²) in [4.78, 5) is 0.719. The van der Waals surface area contributed by atoms with Crippen LogP contribution in [0, 0.1) is 0 Å². The molecule has 0 heterocycles. The van der Waals surface area contributed by atoms with Crippen LogP contribution in [0.2, 0.25) is 0 Å². The van der Waals surface area contributed by atoms with Gasteiger partial charge < -0.3 is 8.71 Å². The second kappa shape index (κ2) is 9.45. The van der Waals surface area contributed by atoms with Crippen molar-refractivity contribution in [3.63, 3.8) is 0 Å². The number of halogens is 1. The molecule has 22 heavy (non-hydrogen) atoms. The van der Waals surface area contributed by atoms with Crippen LogP contribution in [0.4, 0.5) is 0 Å². The van der Waals surface area contributed by atoms with Crippen molar-refractivity contribution in [3.05, 3.63) is 24.3 Å². The Morgan fingerprint density at radius 1 is 1.23 bits per heavy atom. The fourth-order valence-electron chi connectivity index (χ4n) is 1.31. The molecule has 0 radical (unpaired) electrons. The molecule has 0 bridgehead atoms. The van der Waals surface area contributed by atoms with Crippen LogP contribution in [0.3, 0.4) is 0 Å². The standard InChI is InChI=1S/C12H18ClO5PS3/c1-3-9-20-19(14,17-4-2)21-12-7-5-11(6-8-12)18-22(15,16)10-13/h5-8H,3-4,9-10H2,1-2H3. The molecule has 0 aliphatic heterocycles. The molecule has 0 saturated heterocycles. The minimum atomic E-state index is -3.77. The zero-order chi connectivity index (χ0) is 16.6. The number of rotatable bonds is 10. The van der Waals surface area contributed by atoms with Crippen molar-refractivity contribution < 1.29 is 21.7 Å². The van der Waals surface area contributed by atoms with Crippen LogP contribution in [0.1, 0.15) is 20.3 Å². The Hall–Kier alpha value is 0.150. The highest BCUT2D eigenvalue weighted by Gasteiger charge is 2.25. The second-order valence-corrected chi connectivity index (χ2v) is 13.5. The molecule has 0 aliphatic rings. The van der Waals surface area contributed by atoms with Gasteiger partial charge in [-0.05, 0) is 49.0 Å². The lowest BCUT2D eigenvalue weighted by Gasteiger charge is -2.15. The molecule has 0 fully saturated rings. The van der Waals surface area contributed by atoms with Gasteiger partial charge >= 0.3 is 15.9 Å². The Morgan fingerprint density at radius 2 is 1.86 bits per heavy atom. The van der Waals surface area contributed by atoms with E-state index in [1.807, 2.05) is 6.92 Å². The minimum absolute atomic E-state index is 0.164. The van der Waals surface area contributed by atoms with Gasteiger partial charge in [-0.1, -0.05) is 18.3 Å². The van der Waals surface area contributed by atoms with Crippen LogP contribution in [0.5, 0.6) is 5.75 Å². The molecular formula is C12H18ClO5PS3. The van der Waals surface area contributed by atoms with E-state index >= 15 is 0 Å². The summed E-state index contributed by atoms with van der Waals surface area (Å²) in [6, 6.07) is 6.27. The van der Waals surface area contributed by atoms with Crippen LogP contribution >= 0.6 is 40.1 Å². The number of hydrogen-bond acceptors (Lipinski definition) is 7. The second-order valence-electron chi connectivity index (χ2n) is 4.01. The largest absolute Gasteiger partial charge is 0.382 e. The van der Waals surface area contributed by atoms with Gasteiger partial charge in [0.2, 0.25) is 0 Å². The number of benzene rings is 1. The lowest BCUT2D eigenvalue weighted by Crippen LogP contribution is -2.09. The smallest absolute Gasteiger partial charge is 0.323 e. The van der Waals surface area contributed by atoms with Gasteiger partial charge in [0.05, 0.1) is 6.61 Å². The molecule has 1 unspecified atom stereocenters. The first kappa shape index (κ1) is 20.2. The van der Waals surface area contributed by atoms with E-state index in [4.69, 9.17) is 20.3 Å². The normalized spacial score (nSPS) is 14.5. The molecule has 1 aromatic carbocycles. The summed E-state index contributed by atoms with van der Waals surface area (Å²) in [7, 11) is -3.77. The third-order valence-corrected chi connectivity index (χ3v) is 10.9. The monoisotopic (exact) mass is 404 g/mol. The molecule has 5 nitrogen and oxygen atoms in total. The average Bonchev–Trinajstić information content (AvgIpc) is 2.47. The first-order valence-electron chi connectivity index (χ1n) is 6.51. The van der Waals surface area contributed by atoms with Crippen molar-refractivity contribution in [2.75, 3.05) is 17.6 Å². The summed E-state index contributed by atoms with van der Waals surface area (Å²) in [5.74, 6) is -1.95. The lowest BCUT2D eigenvalue weighted by atomic mass is 10.3. The summed E-state index contributed by atoms with van der Waals surface area (Å²) >= 11 is 7.74. The van der Waals surface area contributed by atoms with E-state index in [-0.39, 0.29) is 5.75 Å². The molecule has 0 N–H and O–H groups in total. The maximum atomic E-state index is 12.7. The predicted molar refractivity (Wildman–Crippen MR) is 94.5 cm³/mol. The van der Waals surface area contributed by atoms with E-state index in [0.29, 0.717) is 6.61 Å². The van der Waals surface area contributed by atoms with E-state index in [1.54, 1.807) is 19.1 Å². The van der Waals surface area contributed by atoms with Crippen LogP contribution in [0.25, 0.3) is 0 Å². The fraction of sp³-hybridized carbons (Fsp3) is 0.500. The third-order valence-electron chi connectivity index (χ3n) is 2.14. The zero-order valence-corrected chi connectivity index (χ0v) is 16.3. The van der Waals surface area contributed by atoms with E-state index in [1.165, 1.54) is 23.5 Å². The quantitative estimate of drug-likeness (QED) is 0.309. The Morgan fingerprint density at radius 3 is 2.36 bits per heavy atom. The Balaban J connectivity index is 2.79. The maximum Gasteiger partial charge on any atom is 0.323 e. The summed E-state index contributed by atoms with van der Waals surface area (Å²) < 4.78 is 45.4. The molecule has 10 heteroatoms. The number of hydrogen-bond donors (Lipinski definition) is 0. The highest BCUT2D eigenvalue weighted by atomic mass is 35.5. The van der Waals surface area contributed by atoms with Crippen LogP contribution in [0.15, 0.2) is 29.2 Å². The summed E-state index contributed by atoms with van der Waals surface area (Å²) in [5.41, 5.74) is 0. The van der Waals surface area contributed by atoms with Crippen molar-refractivity contribution in [1.29, 1.82) is 0 Å². The summed E-state index contributed by atoms with van der Waals surface area (Å²) in [6.07, 6.45) is 0.908. The molecule has 1 aromatic rings. The van der Waals surface area contributed by atoms with E-state index in [9.17, 15) is 13.0 Å². The number of alkyl halides is 1. The highest BCUT2D eigenvalue weighted by molar-refractivity contribution is 8.89. The van der Waals surface area contributed by atoms with Crippen LogP contribution in [-0.4, -0.2) is 26.0 Å². The van der Waals surface area contributed by atoms with Gasteiger partial charge in [0.1, 0.15) is 5.75 Å². The topological polar surface area (TPSA) is 69.7 Å². The van der Waals surface area contributed by atoms with Crippen LogP contribution in [-0.2, 0) is 19.2 Å². The molecule has 126 valence electrons. The van der Waals surface area contributed by atoms with Gasteiger partial charge in [0, 0.05) is 10.6 Å². The Labute approximate surface area is 144 Å². The van der Waals surface area contributed by atoms with Gasteiger partial charge in [-0.3, -0.25) is 4.57 Å². The fourth-order valence-corrected chi connectivity index (χ4v) is 8.76. The molecule has 0 amide bonds. The molecule has 1 atom stereocenters. The first-order chi connectivity index (χ1) is 10.3. The molecule has 1 rings (SSSR count). The van der Waals surface area contributed by atoms with Gasteiger partial charge in [-0.25, -0.2) is 0 Å². The van der Waals surface area contributed by atoms with Gasteiger partial charge in [0.25, 0.3) is 0 Å². The van der Waals surface area contributed by atoms with Gasteiger partial charge in [0.15, 0.2) is 5.21 Å². The van der Waals surface area contributed by atoms with Crippen molar-refractivity contribution in [2.24, 2.45) is 0 Å². The van der Waals surface area contributed by atoms with Gasteiger partial charge in [-0.15, -0.1) is 11.6 Å². The predicted octanol–water partition coefficient (Wildman–Crippen LogP) is 4.97. The van der Waals surface area contributed by atoms with E-state index in [2.05, 4.69) is 0 Å². The molecule has 0 aliphatic carbocycles.